The maximum absolute atomic E-state index is 13.7. The highest BCUT2D eigenvalue weighted by Crippen LogP contribution is 2.37. The molecule has 2 fully saturated rings. The van der Waals surface area contributed by atoms with Gasteiger partial charge in [-0.1, -0.05) is 6.42 Å². The number of amides is 1. The minimum Gasteiger partial charge on any atom is -0.443 e. The number of carbonyl (C=O) groups is 2. The Morgan fingerprint density at radius 3 is 2.68 bits per heavy atom. The van der Waals surface area contributed by atoms with Gasteiger partial charge in [-0.3, -0.25) is 14.5 Å². The second-order valence-electron chi connectivity index (χ2n) is 13.2. The Morgan fingerprint density at radius 1 is 1.23 bits per heavy atom. The topological polar surface area (TPSA) is 129 Å². The van der Waals surface area contributed by atoms with Crippen LogP contribution in [-0.4, -0.2) is 69.6 Å². The first-order chi connectivity index (χ1) is 20.9. The molecule has 3 aromatic heterocycles. The molecular formula is C32H44N6O6. The van der Waals surface area contributed by atoms with E-state index in [1.807, 2.05) is 6.07 Å². The van der Waals surface area contributed by atoms with Crippen molar-refractivity contribution in [2.24, 2.45) is 5.92 Å². The third-order valence-electron chi connectivity index (χ3n) is 8.59. The molecule has 44 heavy (non-hydrogen) atoms. The van der Waals surface area contributed by atoms with Gasteiger partial charge in [0, 0.05) is 52.1 Å². The van der Waals surface area contributed by atoms with E-state index in [1.54, 1.807) is 57.8 Å². The summed E-state index contributed by atoms with van der Waals surface area (Å²) in [6.07, 6.45) is 8.25. The van der Waals surface area contributed by atoms with Gasteiger partial charge in [0.05, 0.1) is 17.4 Å². The van der Waals surface area contributed by atoms with E-state index in [9.17, 15) is 14.4 Å². The molecule has 0 unspecified atom stereocenters. The minimum absolute atomic E-state index is 0.0427. The van der Waals surface area contributed by atoms with E-state index < -0.39 is 11.7 Å². The van der Waals surface area contributed by atoms with Crippen LogP contribution in [0.3, 0.4) is 0 Å². The standard InChI is InChI=1S/C32H44N6O6/c1-31(2,3)44-30(41)36(5)27-18-26(34-24-10-8-14-37(29(24)40)22-11-15-43-16-12-22)35-28-23(20-33-38(27)28)25(39)17-21-9-7-13-32(4,19-21)42-6/h8,10,14,18,20-22H,7,9,11-13,15-17,19H2,1-6H3,(H,34,35)/t21-,32+/m0/s1. The Labute approximate surface area is 257 Å². The summed E-state index contributed by atoms with van der Waals surface area (Å²) in [6, 6.07) is 5.17. The summed E-state index contributed by atoms with van der Waals surface area (Å²) in [6.45, 7) is 8.68. The van der Waals surface area contributed by atoms with Gasteiger partial charge < -0.3 is 24.1 Å². The van der Waals surface area contributed by atoms with E-state index in [-0.39, 0.29) is 34.6 Å². The van der Waals surface area contributed by atoms with E-state index in [0.717, 1.165) is 38.5 Å². The number of pyridine rings is 1. The molecule has 2 aliphatic rings. The molecule has 0 spiro atoms. The van der Waals surface area contributed by atoms with Crippen LogP contribution in [0.25, 0.3) is 5.65 Å². The number of rotatable bonds is 8. The van der Waals surface area contributed by atoms with Crippen molar-refractivity contribution >= 4 is 34.8 Å². The molecule has 4 heterocycles. The van der Waals surface area contributed by atoms with Crippen molar-refractivity contribution < 1.29 is 23.8 Å². The van der Waals surface area contributed by atoms with Crippen LogP contribution in [-0.2, 0) is 14.2 Å². The van der Waals surface area contributed by atoms with Gasteiger partial charge in [0.1, 0.15) is 22.9 Å². The minimum atomic E-state index is -0.722. The summed E-state index contributed by atoms with van der Waals surface area (Å²) in [4.78, 5) is 46.4. The number of hydrogen-bond donors (Lipinski definition) is 1. The Hall–Kier alpha value is -3.77. The molecule has 1 amide bonds. The molecule has 12 nitrogen and oxygen atoms in total. The van der Waals surface area contributed by atoms with Crippen molar-refractivity contribution in [2.45, 2.75) is 89.9 Å². The number of methoxy groups -OCH3 is 1. The lowest BCUT2D eigenvalue weighted by Crippen LogP contribution is -2.35. The number of nitrogens with one attached hydrogen (secondary N) is 1. The van der Waals surface area contributed by atoms with Crippen LogP contribution >= 0.6 is 0 Å². The predicted octanol–water partition coefficient (Wildman–Crippen LogP) is 5.53. The predicted molar refractivity (Wildman–Crippen MR) is 167 cm³/mol. The van der Waals surface area contributed by atoms with Crippen molar-refractivity contribution in [3.8, 4) is 0 Å². The fourth-order valence-corrected chi connectivity index (χ4v) is 6.18. The largest absolute Gasteiger partial charge is 0.443 e. The average Bonchev–Trinajstić information content (AvgIpc) is 3.41. The molecule has 5 rings (SSSR count). The third-order valence-corrected chi connectivity index (χ3v) is 8.59. The molecule has 0 aromatic carbocycles. The fraction of sp³-hybridized carbons (Fsp3) is 0.594. The number of Topliss-reactive ketones (excluding diaryl/α,β-unsaturated/α-hetero) is 1. The van der Waals surface area contributed by atoms with E-state index in [0.29, 0.717) is 42.5 Å². The highest BCUT2D eigenvalue weighted by Gasteiger charge is 2.34. The average molecular weight is 609 g/mol. The SMILES string of the molecule is CO[C@]1(C)CCC[C@@H](CC(=O)c2cnn3c(N(C)C(=O)OC(C)(C)C)cc(Nc4cccn(C5CCOCC5)c4=O)nc23)C1. The first kappa shape index (κ1) is 31.6. The molecule has 1 aliphatic carbocycles. The van der Waals surface area contributed by atoms with Gasteiger partial charge in [-0.15, -0.1) is 0 Å². The molecular weight excluding hydrogens is 564 g/mol. The number of fused-ring (bicyclic) bond motifs is 1. The Morgan fingerprint density at radius 2 is 1.98 bits per heavy atom. The summed E-state index contributed by atoms with van der Waals surface area (Å²) in [7, 11) is 3.30. The lowest BCUT2D eigenvalue weighted by molar-refractivity contribution is -0.0395. The van der Waals surface area contributed by atoms with Crippen molar-refractivity contribution in [1.82, 2.24) is 19.2 Å². The molecule has 238 valence electrons. The van der Waals surface area contributed by atoms with Gasteiger partial charge in [0.15, 0.2) is 11.4 Å². The molecule has 1 N–H and O–H groups in total. The zero-order valence-corrected chi connectivity index (χ0v) is 26.6. The van der Waals surface area contributed by atoms with Crippen LogP contribution in [0, 0.1) is 5.92 Å². The zero-order valence-electron chi connectivity index (χ0n) is 26.6. The second-order valence-corrected chi connectivity index (χ2v) is 13.2. The van der Waals surface area contributed by atoms with Gasteiger partial charge in [-0.05, 0) is 77.8 Å². The maximum Gasteiger partial charge on any atom is 0.415 e. The van der Waals surface area contributed by atoms with E-state index in [1.165, 1.54) is 15.6 Å². The number of ether oxygens (including phenoxy) is 3. The van der Waals surface area contributed by atoms with Crippen LogP contribution < -0.4 is 15.8 Å². The molecule has 12 heteroatoms. The first-order valence-corrected chi connectivity index (χ1v) is 15.4. The Kier molecular flexibility index (Phi) is 9.12. The summed E-state index contributed by atoms with van der Waals surface area (Å²) in [5.74, 6) is 0.719. The van der Waals surface area contributed by atoms with Crippen LogP contribution in [0.15, 0.2) is 35.4 Å². The fourth-order valence-electron chi connectivity index (χ4n) is 6.18. The van der Waals surface area contributed by atoms with Gasteiger partial charge in [-0.2, -0.15) is 9.61 Å². The van der Waals surface area contributed by atoms with Crippen LogP contribution in [0.1, 0.15) is 89.0 Å². The number of ketones is 1. The Bertz CT molecular complexity index is 1570. The summed E-state index contributed by atoms with van der Waals surface area (Å²) in [5, 5.41) is 7.63. The van der Waals surface area contributed by atoms with Gasteiger partial charge in [0.2, 0.25) is 0 Å². The van der Waals surface area contributed by atoms with E-state index in [2.05, 4.69) is 17.3 Å². The third kappa shape index (κ3) is 6.96. The van der Waals surface area contributed by atoms with Crippen molar-refractivity contribution in [1.29, 1.82) is 0 Å². The molecule has 1 aliphatic heterocycles. The van der Waals surface area contributed by atoms with E-state index >= 15 is 0 Å². The molecule has 3 aromatic rings. The van der Waals surface area contributed by atoms with Crippen molar-refractivity contribution in [2.75, 3.05) is 37.6 Å². The number of nitrogens with zero attached hydrogens (tertiary/aromatic N) is 5. The summed E-state index contributed by atoms with van der Waals surface area (Å²) < 4.78 is 20.0. The normalized spacial score (nSPS) is 21.3. The van der Waals surface area contributed by atoms with Gasteiger partial charge in [0.25, 0.3) is 5.56 Å². The quantitative estimate of drug-likeness (QED) is 0.328. The van der Waals surface area contributed by atoms with Gasteiger partial charge in [-0.25, -0.2) is 9.78 Å². The molecule has 0 radical (unpaired) electrons. The van der Waals surface area contributed by atoms with Gasteiger partial charge >= 0.3 is 6.09 Å². The van der Waals surface area contributed by atoms with E-state index in [4.69, 9.17) is 19.2 Å². The maximum atomic E-state index is 13.7. The first-order valence-electron chi connectivity index (χ1n) is 15.4. The molecule has 1 saturated carbocycles. The lowest BCUT2D eigenvalue weighted by atomic mass is 9.76. The smallest absolute Gasteiger partial charge is 0.415 e. The summed E-state index contributed by atoms with van der Waals surface area (Å²) in [5.41, 5.74) is -0.182. The number of hydrogen-bond acceptors (Lipinski definition) is 9. The number of aromatic nitrogens is 4. The molecule has 1 saturated heterocycles. The van der Waals surface area contributed by atoms with Crippen molar-refractivity contribution in [3.05, 3.63) is 46.5 Å². The van der Waals surface area contributed by atoms with Crippen LogP contribution in [0.2, 0.25) is 0 Å². The lowest BCUT2D eigenvalue weighted by Gasteiger charge is -2.36. The molecule has 0 bridgehead atoms. The monoisotopic (exact) mass is 608 g/mol. The zero-order chi connectivity index (χ0) is 31.6. The number of anilines is 3. The van der Waals surface area contributed by atoms with Crippen molar-refractivity contribution in [3.63, 3.8) is 0 Å². The summed E-state index contributed by atoms with van der Waals surface area (Å²) >= 11 is 0. The Balaban J connectivity index is 1.51. The molecule has 2 atom stereocenters. The van der Waals surface area contributed by atoms with Crippen LogP contribution in [0.5, 0.6) is 0 Å². The highest BCUT2D eigenvalue weighted by atomic mass is 16.6. The second kappa shape index (κ2) is 12.7. The number of carbonyl (C=O) groups excluding carboxylic acids is 2. The van der Waals surface area contributed by atoms with Crippen LogP contribution in [0.4, 0.5) is 22.1 Å². The highest BCUT2D eigenvalue weighted by molar-refractivity contribution is 6.02.